The first-order valence-electron chi connectivity index (χ1n) is 20.1. The molecule has 4 aliphatic rings. The van der Waals surface area contributed by atoms with Crippen LogP contribution in [0.3, 0.4) is 0 Å². The number of rotatable bonds is 12. The first kappa shape index (κ1) is 46.9. The van der Waals surface area contributed by atoms with Gasteiger partial charge in [0.15, 0.2) is 0 Å². The lowest BCUT2D eigenvalue weighted by molar-refractivity contribution is 0.0354. The van der Waals surface area contributed by atoms with Crippen LogP contribution in [0.4, 0.5) is 0 Å². The third-order valence-corrected chi connectivity index (χ3v) is 9.59. The highest BCUT2D eigenvalue weighted by atomic mass is 16.5. The van der Waals surface area contributed by atoms with Crippen molar-refractivity contribution < 1.29 is 4.74 Å². The molecule has 0 atom stereocenters. The SMILES string of the molecule is CN(C)CCN1CCCC1.CN(C)CCN1CCCCC1.CN(C)CCN1CCCCC1.CN(C)CCN1CCOCC1.Cc1ccccc1. The number of hydrogen-bond donors (Lipinski definition) is 0. The van der Waals surface area contributed by atoms with E-state index in [1.165, 1.54) is 142 Å². The molecule has 4 aliphatic heterocycles. The van der Waals surface area contributed by atoms with E-state index in [-0.39, 0.29) is 0 Å². The Hall–Kier alpha value is -1.14. The molecule has 294 valence electrons. The number of piperidine rings is 2. The van der Waals surface area contributed by atoms with Crippen LogP contribution >= 0.6 is 0 Å². The molecule has 0 aliphatic carbocycles. The maximum atomic E-state index is 5.25. The molecule has 0 unspecified atom stereocenters. The van der Waals surface area contributed by atoms with E-state index in [0.717, 1.165) is 32.8 Å². The lowest BCUT2D eigenvalue weighted by Gasteiger charge is -2.27. The van der Waals surface area contributed by atoms with E-state index < -0.39 is 0 Å². The molecule has 1 aromatic rings. The van der Waals surface area contributed by atoms with Crippen molar-refractivity contribution in [2.75, 3.05) is 174 Å². The molecule has 9 heteroatoms. The molecule has 0 bridgehead atoms. The number of benzene rings is 1. The van der Waals surface area contributed by atoms with Gasteiger partial charge in [-0.1, -0.05) is 48.7 Å². The van der Waals surface area contributed by atoms with Gasteiger partial charge in [-0.15, -0.1) is 0 Å². The molecular formula is C41H84N8O. The Kier molecular flexibility index (Phi) is 29.4. The van der Waals surface area contributed by atoms with Crippen LogP contribution in [0.25, 0.3) is 0 Å². The van der Waals surface area contributed by atoms with E-state index in [9.17, 15) is 0 Å². The third kappa shape index (κ3) is 29.4. The number of ether oxygens (including phenoxy) is 1. The zero-order valence-corrected chi connectivity index (χ0v) is 34.8. The quantitative estimate of drug-likeness (QED) is 0.311. The summed E-state index contributed by atoms with van der Waals surface area (Å²) in [4.78, 5) is 19.1. The monoisotopic (exact) mass is 705 g/mol. The second-order valence-electron chi connectivity index (χ2n) is 15.7. The average molecular weight is 705 g/mol. The highest BCUT2D eigenvalue weighted by Gasteiger charge is 2.12. The van der Waals surface area contributed by atoms with Crippen molar-refractivity contribution in [2.24, 2.45) is 0 Å². The lowest BCUT2D eigenvalue weighted by Crippen LogP contribution is -2.40. The van der Waals surface area contributed by atoms with Gasteiger partial charge in [0.2, 0.25) is 0 Å². The maximum absolute atomic E-state index is 5.25. The van der Waals surface area contributed by atoms with Gasteiger partial charge in [-0.25, -0.2) is 0 Å². The summed E-state index contributed by atoms with van der Waals surface area (Å²) in [5, 5.41) is 0. The van der Waals surface area contributed by atoms with Crippen LogP contribution in [0.1, 0.15) is 56.9 Å². The van der Waals surface area contributed by atoms with Gasteiger partial charge in [-0.2, -0.15) is 0 Å². The molecule has 0 aromatic heterocycles. The summed E-state index contributed by atoms with van der Waals surface area (Å²) in [5.41, 5.74) is 1.32. The molecule has 0 N–H and O–H groups in total. The highest BCUT2D eigenvalue weighted by Crippen LogP contribution is 2.08. The maximum Gasteiger partial charge on any atom is 0.0594 e. The molecule has 4 saturated heterocycles. The predicted octanol–water partition coefficient (Wildman–Crippen LogP) is 4.59. The zero-order valence-electron chi connectivity index (χ0n) is 34.8. The summed E-state index contributed by atoms with van der Waals surface area (Å²) >= 11 is 0. The summed E-state index contributed by atoms with van der Waals surface area (Å²) in [6.45, 7) is 23.8. The summed E-state index contributed by atoms with van der Waals surface area (Å²) in [5.74, 6) is 0. The molecular weight excluding hydrogens is 621 g/mol. The van der Waals surface area contributed by atoms with Crippen molar-refractivity contribution in [3.05, 3.63) is 35.9 Å². The minimum atomic E-state index is 0.910. The number of aryl methyl sites for hydroxylation is 1. The van der Waals surface area contributed by atoms with Crippen molar-refractivity contribution in [3.63, 3.8) is 0 Å². The van der Waals surface area contributed by atoms with Crippen LogP contribution in [0.5, 0.6) is 0 Å². The Morgan fingerprint density at radius 3 is 0.960 bits per heavy atom. The molecule has 0 saturated carbocycles. The average Bonchev–Trinajstić information content (AvgIpc) is 3.65. The first-order chi connectivity index (χ1) is 24.0. The van der Waals surface area contributed by atoms with Gasteiger partial charge in [-0.3, -0.25) is 4.90 Å². The minimum absolute atomic E-state index is 0.910. The van der Waals surface area contributed by atoms with Crippen molar-refractivity contribution in [2.45, 2.75) is 58.3 Å². The van der Waals surface area contributed by atoms with E-state index in [1.807, 2.05) is 18.2 Å². The number of morpholine rings is 1. The third-order valence-electron chi connectivity index (χ3n) is 9.59. The fraction of sp³-hybridized carbons (Fsp3) is 0.854. The van der Waals surface area contributed by atoms with Crippen molar-refractivity contribution in [3.8, 4) is 0 Å². The Morgan fingerprint density at radius 1 is 0.420 bits per heavy atom. The largest absolute Gasteiger partial charge is 0.379 e. The Labute approximate surface area is 311 Å². The standard InChI is InChI=1S/2C9H20N2.C8H18N2O.C8H18N2.C7H8/c2*1-10(2)8-9-11-6-4-3-5-7-11;1-9(2)3-4-10-5-7-11-8-6-10;1-9(2)7-8-10-5-3-4-6-10;1-7-5-3-2-4-6-7/h2*3-9H2,1-2H3;3-8H2,1-2H3;3-8H2,1-2H3;2-6H,1H3. The Bertz CT molecular complexity index is 770. The number of likely N-dealkylation sites (tertiary alicyclic amines) is 3. The molecule has 0 amide bonds. The van der Waals surface area contributed by atoms with Gasteiger partial charge in [0.25, 0.3) is 0 Å². The Balaban J connectivity index is 0.000000315. The fourth-order valence-electron chi connectivity index (χ4n) is 6.10. The molecule has 9 nitrogen and oxygen atoms in total. The lowest BCUT2D eigenvalue weighted by atomic mass is 10.1. The first-order valence-corrected chi connectivity index (χ1v) is 20.1. The van der Waals surface area contributed by atoms with Crippen LogP contribution in [-0.4, -0.2) is 214 Å². The second kappa shape index (κ2) is 31.4. The fourth-order valence-corrected chi connectivity index (χ4v) is 6.10. The van der Waals surface area contributed by atoms with Crippen molar-refractivity contribution in [1.82, 2.24) is 39.2 Å². The van der Waals surface area contributed by atoms with Crippen LogP contribution in [0, 0.1) is 6.92 Å². The van der Waals surface area contributed by atoms with Gasteiger partial charge in [0.05, 0.1) is 13.2 Å². The number of likely N-dealkylation sites (N-methyl/N-ethyl adjacent to an activating group) is 4. The predicted molar refractivity (Wildman–Crippen MR) is 219 cm³/mol. The smallest absolute Gasteiger partial charge is 0.0594 e. The Morgan fingerprint density at radius 2 is 0.700 bits per heavy atom. The molecule has 4 fully saturated rings. The molecule has 0 spiro atoms. The van der Waals surface area contributed by atoms with Crippen LogP contribution in [0.15, 0.2) is 30.3 Å². The molecule has 0 radical (unpaired) electrons. The van der Waals surface area contributed by atoms with E-state index in [2.05, 4.69) is 115 Å². The molecule has 5 rings (SSSR count). The normalized spacial score (nSPS) is 19.2. The van der Waals surface area contributed by atoms with Gasteiger partial charge >= 0.3 is 0 Å². The number of nitrogens with zero attached hydrogens (tertiary/aromatic N) is 8. The molecule has 50 heavy (non-hydrogen) atoms. The zero-order chi connectivity index (χ0) is 36.8. The molecule has 1 aromatic carbocycles. The summed E-state index contributed by atoms with van der Waals surface area (Å²) in [7, 11) is 17.1. The van der Waals surface area contributed by atoms with Gasteiger partial charge in [0.1, 0.15) is 0 Å². The summed E-state index contributed by atoms with van der Waals surface area (Å²) < 4.78 is 5.25. The summed E-state index contributed by atoms with van der Waals surface area (Å²) in [6, 6.07) is 10.3. The second-order valence-corrected chi connectivity index (χ2v) is 15.7. The van der Waals surface area contributed by atoms with Crippen LogP contribution < -0.4 is 0 Å². The van der Waals surface area contributed by atoms with Gasteiger partial charge < -0.3 is 39.0 Å². The summed E-state index contributed by atoms with van der Waals surface area (Å²) in [6.07, 6.45) is 11.3. The van der Waals surface area contributed by atoms with Gasteiger partial charge in [-0.05, 0) is 141 Å². The topological polar surface area (TPSA) is 35.2 Å². The van der Waals surface area contributed by atoms with Gasteiger partial charge in [0, 0.05) is 65.4 Å². The van der Waals surface area contributed by atoms with Crippen molar-refractivity contribution in [1.29, 1.82) is 0 Å². The minimum Gasteiger partial charge on any atom is -0.379 e. The van der Waals surface area contributed by atoms with Crippen LogP contribution in [0.2, 0.25) is 0 Å². The van der Waals surface area contributed by atoms with E-state index in [4.69, 9.17) is 4.74 Å². The molecule has 4 heterocycles. The van der Waals surface area contributed by atoms with Crippen LogP contribution in [-0.2, 0) is 4.74 Å². The van der Waals surface area contributed by atoms with E-state index in [1.54, 1.807) is 0 Å². The van der Waals surface area contributed by atoms with E-state index in [0.29, 0.717) is 0 Å². The van der Waals surface area contributed by atoms with E-state index >= 15 is 0 Å². The highest BCUT2D eigenvalue weighted by molar-refractivity contribution is 5.11. The number of hydrogen-bond acceptors (Lipinski definition) is 9. The van der Waals surface area contributed by atoms with Crippen molar-refractivity contribution >= 4 is 0 Å².